The Morgan fingerprint density at radius 3 is 1.43 bits per heavy atom. The number of rotatable bonds is 2. The van der Waals surface area contributed by atoms with E-state index in [1.807, 2.05) is 0 Å². The first-order chi connectivity index (χ1) is 10.1. The molecule has 0 aliphatic rings. The first-order valence-corrected chi connectivity index (χ1v) is 7.37. The largest absolute Gasteiger partial charge is 0.0622 e. The van der Waals surface area contributed by atoms with E-state index in [0.29, 0.717) is 0 Å². The van der Waals surface area contributed by atoms with Crippen molar-refractivity contribution in [1.29, 1.82) is 0 Å². The lowest BCUT2D eigenvalue weighted by Crippen LogP contribution is -1.86. The molecule has 0 atom stereocenters. The fraction of sp³-hybridized carbons (Fsp3) is 0.143. The average Bonchev–Trinajstić information content (AvgIpc) is 2.46. The van der Waals surface area contributed by atoms with Crippen LogP contribution >= 0.6 is 0 Å². The van der Waals surface area contributed by atoms with Crippen molar-refractivity contribution < 1.29 is 0 Å². The molecule has 0 fully saturated rings. The van der Waals surface area contributed by atoms with Crippen molar-refractivity contribution in [3.63, 3.8) is 0 Å². The average molecular weight is 272 g/mol. The van der Waals surface area contributed by atoms with Crippen molar-refractivity contribution in [1.82, 2.24) is 0 Å². The third-order valence-electron chi connectivity index (χ3n) is 3.74. The third-order valence-corrected chi connectivity index (χ3v) is 3.74. The summed E-state index contributed by atoms with van der Waals surface area (Å²) in [7, 11) is 0. The number of hydrogen-bond acceptors (Lipinski definition) is 0. The van der Waals surface area contributed by atoms with E-state index < -0.39 is 0 Å². The van der Waals surface area contributed by atoms with E-state index in [0.717, 1.165) is 0 Å². The molecular formula is C21H20. The smallest absolute Gasteiger partial charge is 0.0175 e. The zero-order chi connectivity index (χ0) is 14.8. The van der Waals surface area contributed by atoms with Crippen LogP contribution in [-0.4, -0.2) is 0 Å². The first kappa shape index (κ1) is 13.6. The molecule has 0 N–H and O–H groups in total. The molecule has 104 valence electrons. The molecule has 0 saturated heterocycles. The molecule has 0 saturated carbocycles. The van der Waals surface area contributed by atoms with Gasteiger partial charge in [-0.25, -0.2) is 0 Å². The molecule has 0 heteroatoms. The van der Waals surface area contributed by atoms with E-state index in [2.05, 4.69) is 87.5 Å². The predicted molar refractivity (Wildman–Crippen MR) is 91.5 cm³/mol. The summed E-state index contributed by atoms with van der Waals surface area (Å²) in [5.74, 6) is 0. The zero-order valence-electron chi connectivity index (χ0n) is 12.9. The molecule has 0 amide bonds. The molecule has 0 spiro atoms. The van der Waals surface area contributed by atoms with Crippen LogP contribution in [0.15, 0.2) is 66.7 Å². The van der Waals surface area contributed by atoms with Crippen LogP contribution in [0.5, 0.6) is 0 Å². The maximum Gasteiger partial charge on any atom is -0.0175 e. The molecule has 3 aromatic carbocycles. The molecule has 0 aromatic heterocycles. The molecular weight excluding hydrogens is 252 g/mol. The Morgan fingerprint density at radius 2 is 0.857 bits per heavy atom. The summed E-state index contributed by atoms with van der Waals surface area (Å²) >= 11 is 0. The van der Waals surface area contributed by atoms with Gasteiger partial charge in [-0.2, -0.15) is 0 Å². The molecule has 0 heterocycles. The summed E-state index contributed by atoms with van der Waals surface area (Å²) in [5, 5.41) is 0. The summed E-state index contributed by atoms with van der Waals surface area (Å²) < 4.78 is 0. The van der Waals surface area contributed by atoms with E-state index in [9.17, 15) is 0 Å². The normalized spacial score (nSPS) is 10.6. The summed E-state index contributed by atoms with van der Waals surface area (Å²) in [6, 6.07) is 24.1. The van der Waals surface area contributed by atoms with Gasteiger partial charge < -0.3 is 0 Å². The lowest BCUT2D eigenvalue weighted by atomic mass is 9.95. The number of hydrogen-bond donors (Lipinski definition) is 0. The van der Waals surface area contributed by atoms with Crippen molar-refractivity contribution in [2.75, 3.05) is 0 Å². The summed E-state index contributed by atoms with van der Waals surface area (Å²) in [6.45, 7) is 6.48. The van der Waals surface area contributed by atoms with Gasteiger partial charge in [-0.05, 0) is 54.7 Å². The van der Waals surface area contributed by atoms with Crippen LogP contribution in [0, 0.1) is 20.8 Å². The lowest BCUT2D eigenvalue weighted by molar-refractivity contribution is 1.38. The van der Waals surface area contributed by atoms with E-state index >= 15 is 0 Å². The van der Waals surface area contributed by atoms with Crippen LogP contribution in [0.25, 0.3) is 22.3 Å². The maximum absolute atomic E-state index is 2.29. The van der Waals surface area contributed by atoms with Crippen molar-refractivity contribution in [3.05, 3.63) is 83.4 Å². The van der Waals surface area contributed by atoms with Crippen molar-refractivity contribution in [2.45, 2.75) is 20.8 Å². The highest BCUT2D eigenvalue weighted by Crippen LogP contribution is 2.29. The van der Waals surface area contributed by atoms with Gasteiger partial charge in [0.05, 0.1) is 0 Å². The van der Waals surface area contributed by atoms with E-state index in [1.165, 1.54) is 38.9 Å². The molecule has 0 aliphatic carbocycles. The second-order valence-electron chi connectivity index (χ2n) is 5.83. The second kappa shape index (κ2) is 5.57. The fourth-order valence-corrected chi connectivity index (χ4v) is 2.89. The highest BCUT2D eigenvalue weighted by molar-refractivity contribution is 5.74. The van der Waals surface area contributed by atoms with Crippen LogP contribution in [0.3, 0.4) is 0 Å². The molecule has 0 nitrogen and oxygen atoms in total. The lowest BCUT2D eigenvalue weighted by Gasteiger charge is -2.10. The molecule has 0 unspecified atom stereocenters. The van der Waals surface area contributed by atoms with Crippen LogP contribution < -0.4 is 0 Å². The first-order valence-electron chi connectivity index (χ1n) is 7.37. The van der Waals surface area contributed by atoms with Crippen LogP contribution in [0.4, 0.5) is 0 Å². The van der Waals surface area contributed by atoms with Gasteiger partial charge in [0.2, 0.25) is 0 Å². The Morgan fingerprint density at radius 1 is 0.429 bits per heavy atom. The zero-order valence-corrected chi connectivity index (χ0v) is 12.9. The minimum Gasteiger partial charge on any atom is -0.0622 e. The van der Waals surface area contributed by atoms with Crippen molar-refractivity contribution >= 4 is 0 Å². The SMILES string of the molecule is Cc1cc(C)cc(-c2cc(C)cc(-c3ccccc3)c2)c1. The summed E-state index contributed by atoms with van der Waals surface area (Å²) in [5.41, 5.74) is 9.07. The summed E-state index contributed by atoms with van der Waals surface area (Å²) in [6.07, 6.45) is 0. The second-order valence-corrected chi connectivity index (χ2v) is 5.83. The standard InChI is InChI=1S/C21H20/c1-15-9-16(2)11-19(10-15)21-13-17(3)12-20(14-21)18-7-5-4-6-8-18/h4-14H,1-3H3. The highest BCUT2D eigenvalue weighted by atomic mass is 14.1. The van der Waals surface area contributed by atoms with Gasteiger partial charge in [0.1, 0.15) is 0 Å². The van der Waals surface area contributed by atoms with Gasteiger partial charge >= 0.3 is 0 Å². The fourth-order valence-electron chi connectivity index (χ4n) is 2.89. The Labute approximate surface area is 127 Å². The monoisotopic (exact) mass is 272 g/mol. The van der Waals surface area contributed by atoms with E-state index in [-0.39, 0.29) is 0 Å². The number of aryl methyl sites for hydroxylation is 3. The minimum absolute atomic E-state index is 1.27. The Kier molecular flexibility index (Phi) is 3.62. The Hall–Kier alpha value is -2.34. The molecule has 3 aromatic rings. The van der Waals surface area contributed by atoms with Gasteiger partial charge in [0, 0.05) is 0 Å². The topological polar surface area (TPSA) is 0 Å². The van der Waals surface area contributed by atoms with Crippen LogP contribution in [0.2, 0.25) is 0 Å². The van der Waals surface area contributed by atoms with Gasteiger partial charge in [0.25, 0.3) is 0 Å². The molecule has 21 heavy (non-hydrogen) atoms. The van der Waals surface area contributed by atoms with Crippen molar-refractivity contribution in [2.24, 2.45) is 0 Å². The predicted octanol–water partition coefficient (Wildman–Crippen LogP) is 5.95. The Bertz CT molecular complexity index is 747. The van der Waals surface area contributed by atoms with Crippen molar-refractivity contribution in [3.8, 4) is 22.3 Å². The maximum atomic E-state index is 2.29. The Balaban J connectivity index is 2.14. The molecule has 0 radical (unpaired) electrons. The van der Waals surface area contributed by atoms with Gasteiger partial charge in [-0.15, -0.1) is 0 Å². The van der Waals surface area contributed by atoms with E-state index in [1.54, 1.807) is 0 Å². The van der Waals surface area contributed by atoms with Crippen LogP contribution in [-0.2, 0) is 0 Å². The van der Waals surface area contributed by atoms with Gasteiger partial charge in [-0.1, -0.05) is 71.8 Å². The molecule has 0 aliphatic heterocycles. The quantitative estimate of drug-likeness (QED) is 0.541. The third kappa shape index (κ3) is 3.05. The van der Waals surface area contributed by atoms with E-state index in [4.69, 9.17) is 0 Å². The summed E-state index contributed by atoms with van der Waals surface area (Å²) in [4.78, 5) is 0. The van der Waals surface area contributed by atoms with Crippen LogP contribution in [0.1, 0.15) is 16.7 Å². The highest BCUT2D eigenvalue weighted by Gasteiger charge is 2.04. The molecule has 0 bridgehead atoms. The minimum atomic E-state index is 1.27. The number of benzene rings is 3. The van der Waals surface area contributed by atoms with Gasteiger partial charge in [-0.3, -0.25) is 0 Å². The van der Waals surface area contributed by atoms with Gasteiger partial charge in [0.15, 0.2) is 0 Å². The molecule has 3 rings (SSSR count).